The second-order valence-corrected chi connectivity index (χ2v) is 7.78. The summed E-state index contributed by atoms with van der Waals surface area (Å²) in [6.45, 7) is 4.38. The first-order chi connectivity index (χ1) is 8.85. The van der Waals surface area contributed by atoms with Crippen LogP contribution < -0.4 is 5.19 Å². The summed E-state index contributed by atoms with van der Waals surface area (Å²) >= 11 is 0. The third kappa shape index (κ3) is 3.57. The summed E-state index contributed by atoms with van der Waals surface area (Å²) in [5.74, 6) is 0. The number of benzene rings is 1. The average molecular weight is 254 g/mol. The molecule has 1 unspecified atom stereocenters. The minimum Gasteiger partial charge on any atom is -0.0877 e. The van der Waals surface area contributed by atoms with Crippen molar-refractivity contribution < 1.29 is 0 Å². The van der Waals surface area contributed by atoms with E-state index in [-0.39, 0.29) is 0 Å². The van der Waals surface area contributed by atoms with Gasteiger partial charge in [-0.1, -0.05) is 77.5 Å². The van der Waals surface area contributed by atoms with Crippen molar-refractivity contribution >= 4 is 14.0 Å². The maximum Gasteiger partial charge on any atom is 0.101 e. The third-order valence-corrected chi connectivity index (χ3v) is 7.14. The zero-order valence-corrected chi connectivity index (χ0v) is 12.5. The smallest absolute Gasteiger partial charge is 0.0877 e. The van der Waals surface area contributed by atoms with Gasteiger partial charge in [-0.15, -0.1) is 0 Å². The predicted molar refractivity (Wildman–Crippen MR) is 83.9 cm³/mol. The number of hydrogen-bond acceptors (Lipinski definition) is 0. The lowest BCUT2D eigenvalue weighted by molar-refractivity contribution is 1.17. The normalized spacial score (nSPS) is 16.8. The van der Waals surface area contributed by atoms with Crippen LogP contribution in [0.5, 0.6) is 0 Å². The second kappa shape index (κ2) is 6.55. The standard InChI is InChI=1S/C17H22Si/c1-3-5-9-16(4-2)18(14-15-12-13-15)17-10-7-6-8-11-17/h3,5-12,18H,4,13-14H2,1-2H3. The molecule has 0 saturated carbocycles. The highest BCUT2D eigenvalue weighted by Gasteiger charge is 2.21. The van der Waals surface area contributed by atoms with E-state index in [4.69, 9.17) is 0 Å². The molecular weight excluding hydrogens is 232 g/mol. The molecule has 1 aromatic rings. The van der Waals surface area contributed by atoms with Crippen molar-refractivity contribution in [1.82, 2.24) is 0 Å². The van der Waals surface area contributed by atoms with Crippen LogP contribution >= 0.6 is 0 Å². The minimum atomic E-state index is -0.992. The number of hydrogen-bond donors (Lipinski definition) is 0. The number of allylic oxidation sites excluding steroid dienone is 6. The first-order valence-corrected chi connectivity index (χ1v) is 8.86. The van der Waals surface area contributed by atoms with Gasteiger partial charge in [-0.2, -0.15) is 0 Å². The van der Waals surface area contributed by atoms with E-state index in [1.165, 1.54) is 18.9 Å². The topological polar surface area (TPSA) is 0 Å². The molecule has 1 aliphatic carbocycles. The zero-order valence-electron chi connectivity index (χ0n) is 11.4. The maximum absolute atomic E-state index is 2.38. The Labute approximate surface area is 112 Å². The predicted octanol–water partition coefficient (Wildman–Crippen LogP) is 3.90. The summed E-state index contributed by atoms with van der Waals surface area (Å²) in [6.07, 6.45) is 11.5. The quantitative estimate of drug-likeness (QED) is 0.410. The molecule has 1 atom stereocenters. The molecule has 0 fully saturated rings. The van der Waals surface area contributed by atoms with Crippen LogP contribution in [0, 0.1) is 0 Å². The van der Waals surface area contributed by atoms with Crippen LogP contribution in [0.2, 0.25) is 6.04 Å². The molecule has 0 saturated heterocycles. The molecule has 0 aliphatic heterocycles. The van der Waals surface area contributed by atoms with E-state index in [0.29, 0.717) is 0 Å². The van der Waals surface area contributed by atoms with Gasteiger partial charge in [0, 0.05) is 0 Å². The highest BCUT2D eigenvalue weighted by molar-refractivity contribution is 6.80. The highest BCUT2D eigenvalue weighted by atomic mass is 28.3. The summed E-state index contributed by atoms with van der Waals surface area (Å²) < 4.78 is 0. The summed E-state index contributed by atoms with van der Waals surface area (Å²) in [6, 6.07) is 12.4. The van der Waals surface area contributed by atoms with E-state index < -0.39 is 8.80 Å². The summed E-state index contributed by atoms with van der Waals surface area (Å²) in [4.78, 5) is 0. The van der Waals surface area contributed by atoms with Crippen LogP contribution in [0.15, 0.2) is 65.4 Å². The van der Waals surface area contributed by atoms with Crippen molar-refractivity contribution in [2.24, 2.45) is 0 Å². The Morgan fingerprint density at radius 3 is 2.56 bits per heavy atom. The van der Waals surface area contributed by atoms with Gasteiger partial charge in [-0.3, -0.25) is 0 Å². The van der Waals surface area contributed by atoms with Crippen LogP contribution in [0.4, 0.5) is 0 Å². The Hall–Kier alpha value is -1.34. The lowest BCUT2D eigenvalue weighted by Crippen LogP contribution is -2.32. The molecule has 0 radical (unpaired) electrons. The van der Waals surface area contributed by atoms with Gasteiger partial charge >= 0.3 is 0 Å². The van der Waals surface area contributed by atoms with Crippen LogP contribution in [-0.2, 0) is 0 Å². The highest BCUT2D eigenvalue weighted by Crippen LogP contribution is 2.27. The SMILES string of the molecule is CC=CC=C(CC)[SiH](CC1=CC1)c1ccccc1. The van der Waals surface area contributed by atoms with Crippen molar-refractivity contribution in [2.45, 2.75) is 32.7 Å². The molecule has 0 N–H and O–H groups in total. The minimum absolute atomic E-state index is 0.992. The fourth-order valence-corrected chi connectivity index (χ4v) is 5.66. The maximum atomic E-state index is 2.38. The Morgan fingerprint density at radius 2 is 2.00 bits per heavy atom. The van der Waals surface area contributed by atoms with Crippen molar-refractivity contribution in [3.05, 3.63) is 65.4 Å². The monoisotopic (exact) mass is 254 g/mol. The Morgan fingerprint density at radius 1 is 1.28 bits per heavy atom. The summed E-state index contributed by atoms with van der Waals surface area (Å²) in [5, 5.41) is 3.26. The second-order valence-electron chi connectivity index (χ2n) is 4.85. The van der Waals surface area contributed by atoms with Crippen LogP contribution in [-0.4, -0.2) is 8.80 Å². The van der Waals surface area contributed by atoms with Crippen molar-refractivity contribution in [3.63, 3.8) is 0 Å². The molecule has 0 heterocycles. The lowest BCUT2D eigenvalue weighted by atomic mass is 10.4. The molecule has 1 heteroatoms. The first kappa shape index (κ1) is 13.1. The van der Waals surface area contributed by atoms with E-state index >= 15 is 0 Å². The third-order valence-electron chi connectivity index (χ3n) is 3.52. The molecule has 94 valence electrons. The van der Waals surface area contributed by atoms with Gasteiger partial charge in [-0.05, 0) is 25.8 Å². The fraction of sp³-hybridized carbons (Fsp3) is 0.294. The molecule has 0 bridgehead atoms. The zero-order chi connectivity index (χ0) is 12.8. The molecule has 0 amide bonds. The van der Waals surface area contributed by atoms with Gasteiger partial charge < -0.3 is 0 Å². The summed E-state index contributed by atoms with van der Waals surface area (Å²) in [5.41, 5.74) is 1.68. The average Bonchev–Trinajstić information content (AvgIpc) is 3.23. The molecule has 1 aliphatic rings. The van der Waals surface area contributed by atoms with E-state index in [1.54, 1.807) is 16.0 Å². The fourth-order valence-electron chi connectivity index (χ4n) is 2.35. The van der Waals surface area contributed by atoms with Crippen molar-refractivity contribution in [1.29, 1.82) is 0 Å². The van der Waals surface area contributed by atoms with Gasteiger partial charge in [0.25, 0.3) is 0 Å². The largest absolute Gasteiger partial charge is 0.101 e. The van der Waals surface area contributed by atoms with Gasteiger partial charge in [0.15, 0.2) is 0 Å². The van der Waals surface area contributed by atoms with Gasteiger partial charge in [0.1, 0.15) is 8.80 Å². The Bertz CT molecular complexity index is 466. The van der Waals surface area contributed by atoms with E-state index in [0.717, 1.165) is 0 Å². The van der Waals surface area contributed by atoms with Gasteiger partial charge in [0.2, 0.25) is 0 Å². The van der Waals surface area contributed by atoms with E-state index in [9.17, 15) is 0 Å². The van der Waals surface area contributed by atoms with Crippen LogP contribution in [0.3, 0.4) is 0 Å². The summed E-state index contributed by atoms with van der Waals surface area (Å²) in [7, 11) is -0.992. The van der Waals surface area contributed by atoms with Gasteiger partial charge in [-0.25, -0.2) is 0 Å². The first-order valence-electron chi connectivity index (χ1n) is 6.89. The van der Waals surface area contributed by atoms with Crippen molar-refractivity contribution in [2.75, 3.05) is 0 Å². The molecule has 0 nitrogen and oxygen atoms in total. The molecular formula is C17H22Si. The molecule has 18 heavy (non-hydrogen) atoms. The van der Waals surface area contributed by atoms with Gasteiger partial charge in [0.05, 0.1) is 0 Å². The van der Waals surface area contributed by atoms with E-state index in [2.05, 4.69) is 68.5 Å². The Balaban J connectivity index is 2.25. The lowest BCUT2D eigenvalue weighted by Gasteiger charge is -2.17. The molecule has 0 spiro atoms. The van der Waals surface area contributed by atoms with Crippen molar-refractivity contribution in [3.8, 4) is 0 Å². The molecule has 1 aromatic carbocycles. The molecule has 0 aromatic heterocycles. The molecule has 2 rings (SSSR count). The Kier molecular flexibility index (Phi) is 4.77. The number of rotatable bonds is 6. The van der Waals surface area contributed by atoms with Crippen LogP contribution in [0.1, 0.15) is 26.7 Å². The van der Waals surface area contributed by atoms with E-state index in [1.807, 2.05) is 0 Å². The van der Waals surface area contributed by atoms with Crippen LogP contribution in [0.25, 0.3) is 0 Å².